The van der Waals surface area contributed by atoms with Crippen LogP contribution in [-0.4, -0.2) is 21.4 Å². The van der Waals surface area contributed by atoms with Gasteiger partial charge in [-0.3, -0.25) is 4.79 Å². The summed E-state index contributed by atoms with van der Waals surface area (Å²) in [4.78, 5) is 18.8. The second-order valence-electron chi connectivity index (χ2n) is 5.16. The largest absolute Gasteiger partial charge is 0.506 e. The van der Waals surface area contributed by atoms with Crippen molar-refractivity contribution in [1.82, 2.24) is 10.3 Å². The first-order valence-corrected chi connectivity index (χ1v) is 7.76. The number of fused-ring (bicyclic) bond motifs is 1. The first-order chi connectivity index (χ1) is 11.6. The molecule has 0 aliphatic carbocycles. The summed E-state index contributed by atoms with van der Waals surface area (Å²) in [5.74, 6) is -0.107. The van der Waals surface area contributed by atoms with Gasteiger partial charge in [-0.1, -0.05) is 42.5 Å². The van der Waals surface area contributed by atoms with Crippen LogP contribution < -0.4 is 10.9 Å². The van der Waals surface area contributed by atoms with Crippen molar-refractivity contribution in [3.05, 3.63) is 76.1 Å². The molecule has 3 rings (SSSR count). The van der Waals surface area contributed by atoms with Crippen LogP contribution in [0.1, 0.15) is 11.1 Å². The van der Waals surface area contributed by atoms with Crippen LogP contribution in [0.2, 0.25) is 0 Å². The minimum atomic E-state index is -0.416. The molecule has 3 N–H and O–H groups in total. The summed E-state index contributed by atoms with van der Waals surface area (Å²) in [5.41, 5.74) is 1.31. The molecular formula is C18H15N3O2S. The van der Waals surface area contributed by atoms with Gasteiger partial charge in [0.15, 0.2) is 5.11 Å². The fourth-order valence-corrected chi connectivity index (χ4v) is 2.43. The number of aromatic nitrogens is 1. The highest BCUT2D eigenvalue weighted by Gasteiger charge is 2.09. The zero-order chi connectivity index (χ0) is 16.9. The molecule has 1 aromatic heterocycles. The molecule has 5 nitrogen and oxygen atoms in total. The number of para-hydroxylation sites is 1. The Kier molecular flexibility index (Phi) is 4.67. The molecule has 3 aromatic rings. The summed E-state index contributed by atoms with van der Waals surface area (Å²) < 4.78 is 0. The Morgan fingerprint density at radius 3 is 2.67 bits per heavy atom. The second kappa shape index (κ2) is 7.06. The molecule has 0 aliphatic heterocycles. The molecular weight excluding hydrogens is 322 g/mol. The van der Waals surface area contributed by atoms with Crippen molar-refractivity contribution >= 4 is 34.4 Å². The van der Waals surface area contributed by atoms with Crippen LogP contribution in [0, 0.1) is 0 Å². The fourth-order valence-electron chi connectivity index (χ4n) is 2.30. The quantitative estimate of drug-likeness (QED) is 0.507. The van der Waals surface area contributed by atoms with Gasteiger partial charge in [-0.25, -0.2) is 4.99 Å². The summed E-state index contributed by atoms with van der Waals surface area (Å²) in [5, 5.41) is 14.1. The zero-order valence-electron chi connectivity index (χ0n) is 12.7. The van der Waals surface area contributed by atoms with E-state index in [4.69, 9.17) is 12.2 Å². The number of benzene rings is 2. The summed E-state index contributed by atoms with van der Waals surface area (Å²) in [6.45, 7) is 0.539. The van der Waals surface area contributed by atoms with Crippen LogP contribution >= 0.6 is 12.2 Å². The molecule has 0 unspecified atom stereocenters. The number of nitrogens with one attached hydrogen (secondary N) is 2. The van der Waals surface area contributed by atoms with E-state index in [-0.39, 0.29) is 16.4 Å². The van der Waals surface area contributed by atoms with Gasteiger partial charge in [-0.15, -0.1) is 0 Å². The van der Waals surface area contributed by atoms with Gasteiger partial charge in [0.25, 0.3) is 5.56 Å². The molecule has 0 saturated heterocycles. The molecule has 2 aromatic carbocycles. The molecule has 0 fully saturated rings. The third-order valence-electron chi connectivity index (χ3n) is 3.53. The number of aromatic amines is 1. The van der Waals surface area contributed by atoms with E-state index in [9.17, 15) is 9.90 Å². The molecule has 24 heavy (non-hydrogen) atoms. The van der Waals surface area contributed by atoms with E-state index in [2.05, 4.69) is 15.3 Å². The van der Waals surface area contributed by atoms with Gasteiger partial charge in [0.05, 0.1) is 5.52 Å². The van der Waals surface area contributed by atoms with E-state index in [0.717, 1.165) is 5.56 Å². The average Bonchev–Trinajstić information content (AvgIpc) is 2.60. The first-order valence-electron chi connectivity index (χ1n) is 7.35. The Bertz CT molecular complexity index is 965. The molecule has 0 bridgehead atoms. The van der Waals surface area contributed by atoms with Crippen molar-refractivity contribution in [2.45, 2.75) is 6.54 Å². The third kappa shape index (κ3) is 3.49. The Morgan fingerprint density at radius 2 is 1.88 bits per heavy atom. The molecule has 0 atom stereocenters. The lowest BCUT2D eigenvalue weighted by Crippen LogP contribution is -2.20. The fraction of sp³-hybridized carbons (Fsp3) is 0.0556. The summed E-state index contributed by atoms with van der Waals surface area (Å²) in [6.07, 6.45) is 1.28. The Hall–Kier alpha value is -2.99. The molecule has 120 valence electrons. The molecule has 1 heterocycles. The van der Waals surface area contributed by atoms with Gasteiger partial charge < -0.3 is 15.4 Å². The smallest absolute Gasteiger partial charge is 0.261 e. The number of hydrogen-bond acceptors (Lipinski definition) is 3. The summed E-state index contributed by atoms with van der Waals surface area (Å²) in [6, 6.07) is 16.8. The van der Waals surface area contributed by atoms with Crippen molar-refractivity contribution in [2.24, 2.45) is 4.99 Å². The Balaban J connectivity index is 1.78. The van der Waals surface area contributed by atoms with Gasteiger partial charge in [0.2, 0.25) is 0 Å². The number of nitrogens with zero attached hydrogens (tertiary/aromatic N) is 1. The van der Waals surface area contributed by atoms with Crippen LogP contribution in [0.25, 0.3) is 10.9 Å². The molecule has 0 spiro atoms. The number of aliphatic imine (C=N–C) groups is 1. The number of thiocarbonyl (C=S) groups is 1. The maximum absolute atomic E-state index is 12.1. The lowest BCUT2D eigenvalue weighted by molar-refractivity contribution is 0.479. The van der Waals surface area contributed by atoms with Crippen molar-refractivity contribution in [3.63, 3.8) is 0 Å². The predicted molar refractivity (Wildman–Crippen MR) is 99.7 cm³/mol. The van der Waals surface area contributed by atoms with Crippen LogP contribution in [-0.2, 0) is 6.54 Å². The lowest BCUT2D eigenvalue weighted by Gasteiger charge is -2.05. The van der Waals surface area contributed by atoms with Crippen LogP contribution in [0.4, 0.5) is 0 Å². The summed E-state index contributed by atoms with van der Waals surface area (Å²) in [7, 11) is 0. The Morgan fingerprint density at radius 1 is 1.17 bits per heavy atom. The standard InChI is InChI=1S/C18H15N3O2S/c22-16-13-8-4-5-9-15(13)21-17(23)14(16)11-20-18(24)19-10-12-6-2-1-3-7-12/h1-9,11H,10H2,(H,19,24)(H2,21,22,23). The van der Waals surface area contributed by atoms with Gasteiger partial charge >= 0.3 is 0 Å². The molecule has 0 saturated carbocycles. The second-order valence-corrected chi connectivity index (χ2v) is 5.55. The number of hydrogen-bond donors (Lipinski definition) is 3. The van der Waals surface area contributed by atoms with Gasteiger partial charge in [-0.05, 0) is 29.9 Å². The van der Waals surface area contributed by atoms with Crippen LogP contribution in [0.5, 0.6) is 5.75 Å². The maximum atomic E-state index is 12.1. The molecule has 6 heteroatoms. The van der Waals surface area contributed by atoms with Crippen molar-refractivity contribution in [2.75, 3.05) is 0 Å². The molecule has 0 amide bonds. The molecule has 0 aliphatic rings. The van der Waals surface area contributed by atoms with Crippen LogP contribution in [0.15, 0.2) is 64.4 Å². The first kappa shape index (κ1) is 15.9. The van der Waals surface area contributed by atoms with E-state index < -0.39 is 5.56 Å². The Labute approximate surface area is 143 Å². The number of H-pyrrole nitrogens is 1. The van der Waals surface area contributed by atoms with Gasteiger partial charge in [0, 0.05) is 18.1 Å². The van der Waals surface area contributed by atoms with Gasteiger partial charge in [0.1, 0.15) is 11.3 Å². The monoisotopic (exact) mass is 337 g/mol. The number of aromatic hydroxyl groups is 1. The third-order valence-corrected chi connectivity index (χ3v) is 3.78. The topological polar surface area (TPSA) is 77.5 Å². The number of pyridine rings is 1. The lowest BCUT2D eigenvalue weighted by atomic mass is 10.1. The zero-order valence-corrected chi connectivity index (χ0v) is 13.5. The normalized spacial score (nSPS) is 11.0. The number of rotatable bonds is 3. The van der Waals surface area contributed by atoms with E-state index in [0.29, 0.717) is 17.4 Å². The van der Waals surface area contributed by atoms with Gasteiger partial charge in [-0.2, -0.15) is 0 Å². The SMILES string of the molecule is O=c1[nH]c2ccccc2c(O)c1C=NC(=S)NCc1ccccc1. The van der Waals surface area contributed by atoms with E-state index in [1.54, 1.807) is 24.3 Å². The van der Waals surface area contributed by atoms with Crippen molar-refractivity contribution < 1.29 is 5.11 Å². The van der Waals surface area contributed by atoms with Crippen LogP contribution in [0.3, 0.4) is 0 Å². The summed E-state index contributed by atoms with van der Waals surface area (Å²) >= 11 is 5.13. The predicted octanol–water partition coefficient (Wildman–Crippen LogP) is 2.73. The molecule has 0 radical (unpaired) electrons. The average molecular weight is 337 g/mol. The highest BCUT2D eigenvalue weighted by atomic mass is 32.1. The maximum Gasteiger partial charge on any atom is 0.261 e. The van der Waals surface area contributed by atoms with E-state index in [1.165, 1.54) is 6.21 Å². The highest BCUT2D eigenvalue weighted by molar-refractivity contribution is 7.80. The minimum absolute atomic E-state index is 0.0811. The van der Waals surface area contributed by atoms with E-state index in [1.807, 2.05) is 30.3 Å². The highest BCUT2D eigenvalue weighted by Crippen LogP contribution is 2.23. The minimum Gasteiger partial charge on any atom is -0.506 e. The van der Waals surface area contributed by atoms with E-state index >= 15 is 0 Å². The van der Waals surface area contributed by atoms with Crippen molar-refractivity contribution in [1.29, 1.82) is 0 Å². The van der Waals surface area contributed by atoms with Crippen molar-refractivity contribution in [3.8, 4) is 5.75 Å².